The number of aliphatic hydroxyl groups excluding tert-OH is 1. The second-order valence-corrected chi connectivity index (χ2v) is 6.55. The Labute approximate surface area is 112 Å². The Kier molecular flexibility index (Phi) is 3.62. The molecule has 1 N–H and O–H groups in total. The molecule has 0 amide bonds. The maximum atomic E-state index is 9.39. The molecule has 94 valence electrons. The molecule has 2 nitrogen and oxygen atoms in total. The van der Waals surface area contributed by atoms with E-state index in [1.54, 1.807) is 0 Å². The summed E-state index contributed by atoms with van der Waals surface area (Å²) >= 11 is 3.66. The highest BCUT2D eigenvalue weighted by Gasteiger charge is 2.27. The van der Waals surface area contributed by atoms with E-state index in [-0.39, 0.29) is 12.0 Å². The molecule has 0 spiro atoms. The summed E-state index contributed by atoms with van der Waals surface area (Å²) < 4.78 is 1.18. The summed E-state index contributed by atoms with van der Waals surface area (Å²) in [5.41, 5.74) is 2.40. The van der Waals surface area contributed by atoms with Crippen molar-refractivity contribution in [3.8, 4) is 0 Å². The second-order valence-electron chi connectivity index (χ2n) is 5.70. The summed E-state index contributed by atoms with van der Waals surface area (Å²) in [5.74, 6) is 0.653. The smallest absolute Gasteiger partial charge is 0.0522 e. The molecule has 0 saturated carbocycles. The molecule has 17 heavy (non-hydrogen) atoms. The molecule has 0 aliphatic carbocycles. The Balaban J connectivity index is 2.23. The molecule has 2 rings (SSSR count). The van der Waals surface area contributed by atoms with Crippen LogP contribution in [0.3, 0.4) is 0 Å². The first-order valence-corrected chi connectivity index (χ1v) is 6.82. The van der Waals surface area contributed by atoms with Crippen molar-refractivity contribution in [2.24, 2.45) is 0 Å². The molecule has 0 unspecified atom stereocenters. The van der Waals surface area contributed by atoms with E-state index >= 15 is 0 Å². The van der Waals surface area contributed by atoms with E-state index in [0.717, 1.165) is 13.1 Å². The molecule has 1 aromatic carbocycles. The van der Waals surface area contributed by atoms with Crippen molar-refractivity contribution in [2.75, 3.05) is 26.7 Å². The van der Waals surface area contributed by atoms with Crippen LogP contribution in [0.2, 0.25) is 0 Å². The molecule has 1 fully saturated rings. The van der Waals surface area contributed by atoms with E-state index in [4.69, 9.17) is 0 Å². The van der Waals surface area contributed by atoms with Crippen LogP contribution >= 0.6 is 15.9 Å². The Morgan fingerprint density at radius 2 is 2.06 bits per heavy atom. The lowest BCUT2D eigenvalue weighted by Crippen LogP contribution is -2.41. The van der Waals surface area contributed by atoms with Crippen molar-refractivity contribution < 1.29 is 5.11 Å². The van der Waals surface area contributed by atoms with Crippen LogP contribution in [-0.4, -0.2) is 36.8 Å². The summed E-state index contributed by atoms with van der Waals surface area (Å²) in [6.07, 6.45) is 0. The third kappa shape index (κ3) is 2.56. The van der Waals surface area contributed by atoms with Crippen LogP contribution < -0.4 is 0 Å². The van der Waals surface area contributed by atoms with Crippen molar-refractivity contribution >= 4 is 15.9 Å². The first-order valence-electron chi connectivity index (χ1n) is 6.03. The Morgan fingerprint density at radius 1 is 1.41 bits per heavy atom. The zero-order valence-electron chi connectivity index (χ0n) is 10.7. The molecular weight excluding hydrogens is 278 g/mol. The van der Waals surface area contributed by atoms with Gasteiger partial charge in [-0.3, -0.25) is 0 Å². The Morgan fingerprint density at radius 3 is 2.53 bits per heavy atom. The molecule has 0 aromatic heterocycles. The van der Waals surface area contributed by atoms with Crippen LogP contribution in [0.15, 0.2) is 22.7 Å². The third-order valence-corrected chi connectivity index (χ3v) is 4.37. The minimum Gasteiger partial charge on any atom is -0.395 e. The van der Waals surface area contributed by atoms with Crippen LogP contribution in [0.25, 0.3) is 0 Å². The van der Waals surface area contributed by atoms with Gasteiger partial charge in [-0.25, -0.2) is 0 Å². The van der Waals surface area contributed by atoms with Gasteiger partial charge in [-0.05, 0) is 24.2 Å². The third-order valence-electron chi connectivity index (χ3n) is 3.68. The lowest BCUT2D eigenvalue weighted by Gasteiger charge is -2.37. The summed E-state index contributed by atoms with van der Waals surface area (Å²) in [6, 6.07) is 6.51. The lowest BCUT2D eigenvalue weighted by molar-refractivity contribution is 0.189. The van der Waals surface area contributed by atoms with Crippen molar-refractivity contribution in [2.45, 2.75) is 25.2 Å². The molecule has 1 heterocycles. The number of aliphatic hydroxyl groups is 1. The van der Waals surface area contributed by atoms with Gasteiger partial charge < -0.3 is 10.0 Å². The molecule has 0 atom stereocenters. The van der Waals surface area contributed by atoms with Crippen molar-refractivity contribution in [3.05, 3.63) is 33.8 Å². The second kappa shape index (κ2) is 4.71. The van der Waals surface area contributed by atoms with Gasteiger partial charge in [0.15, 0.2) is 0 Å². The van der Waals surface area contributed by atoms with Gasteiger partial charge in [-0.15, -0.1) is 0 Å². The van der Waals surface area contributed by atoms with Crippen LogP contribution in [0.4, 0.5) is 0 Å². The number of nitrogens with zero attached hydrogens (tertiary/aromatic N) is 1. The van der Waals surface area contributed by atoms with Crippen molar-refractivity contribution in [1.82, 2.24) is 4.90 Å². The first-order chi connectivity index (χ1) is 7.94. The minimum absolute atomic E-state index is 0.169. The van der Waals surface area contributed by atoms with Crippen LogP contribution in [-0.2, 0) is 5.41 Å². The predicted octanol–water partition coefficient (Wildman–Crippen LogP) is 2.75. The highest BCUT2D eigenvalue weighted by molar-refractivity contribution is 9.10. The van der Waals surface area contributed by atoms with Gasteiger partial charge in [-0.2, -0.15) is 0 Å². The molecule has 1 aliphatic heterocycles. The summed E-state index contributed by atoms with van der Waals surface area (Å²) in [7, 11) is 2.15. The van der Waals surface area contributed by atoms with Crippen LogP contribution in [0.5, 0.6) is 0 Å². The molecule has 0 bridgehead atoms. The average Bonchev–Trinajstić information content (AvgIpc) is 2.25. The van der Waals surface area contributed by atoms with E-state index in [2.05, 4.69) is 59.9 Å². The molecular formula is C14H20BrNO. The van der Waals surface area contributed by atoms with Gasteiger partial charge >= 0.3 is 0 Å². The van der Waals surface area contributed by atoms with E-state index in [1.807, 2.05) is 0 Å². The van der Waals surface area contributed by atoms with Gasteiger partial charge in [0.25, 0.3) is 0 Å². The van der Waals surface area contributed by atoms with E-state index < -0.39 is 0 Å². The monoisotopic (exact) mass is 297 g/mol. The molecule has 1 aromatic rings. The Hall–Kier alpha value is -0.380. The molecule has 0 radical (unpaired) electrons. The van der Waals surface area contributed by atoms with Gasteiger partial charge in [0.2, 0.25) is 0 Å². The summed E-state index contributed by atoms with van der Waals surface area (Å²) in [4.78, 5) is 2.32. The first kappa shape index (κ1) is 13.1. The molecule has 1 aliphatic rings. The molecule has 3 heteroatoms. The maximum Gasteiger partial charge on any atom is 0.0522 e. The number of halogens is 1. The average molecular weight is 298 g/mol. The SMILES string of the molecule is CN1CC(c2ccc(C(C)(C)CO)cc2Br)C1. The standard InChI is InChI=1S/C14H20BrNO/c1-14(2,9-17)11-4-5-12(13(15)6-11)10-7-16(3)8-10/h4-6,10,17H,7-9H2,1-3H3. The zero-order valence-corrected chi connectivity index (χ0v) is 12.3. The largest absolute Gasteiger partial charge is 0.395 e. The fraction of sp³-hybridized carbons (Fsp3) is 0.571. The highest BCUT2D eigenvalue weighted by Crippen LogP contribution is 2.34. The number of likely N-dealkylation sites (tertiary alicyclic amines) is 1. The van der Waals surface area contributed by atoms with Gasteiger partial charge in [0.1, 0.15) is 0 Å². The van der Waals surface area contributed by atoms with Crippen molar-refractivity contribution in [1.29, 1.82) is 0 Å². The highest BCUT2D eigenvalue weighted by atomic mass is 79.9. The number of hydrogen-bond acceptors (Lipinski definition) is 2. The summed E-state index contributed by atoms with van der Waals surface area (Å²) in [5, 5.41) is 9.39. The quantitative estimate of drug-likeness (QED) is 0.927. The fourth-order valence-corrected chi connectivity index (χ4v) is 2.97. The van der Waals surface area contributed by atoms with Gasteiger partial charge in [0.05, 0.1) is 6.61 Å². The number of likely N-dealkylation sites (N-methyl/N-ethyl adjacent to an activating group) is 1. The maximum absolute atomic E-state index is 9.39. The van der Waals surface area contributed by atoms with E-state index in [9.17, 15) is 5.11 Å². The number of benzene rings is 1. The summed E-state index contributed by atoms with van der Waals surface area (Å²) in [6.45, 7) is 6.57. The zero-order chi connectivity index (χ0) is 12.6. The van der Waals surface area contributed by atoms with E-state index in [0.29, 0.717) is 5.92 Å². The van der Waals surface area contributed by atoms with Crippen LogP contribution in [0, 0.1) is 0 Å². The van der Waals surface area contributed by atoms with E-state index in [1.165, 1.54) is 15.6 Å². The molecule has 1 saturated heterocycles. The topological polar surface area (TPSA) is 23.5 Å². The van der Waals surface area contributed by atoms with Crippen molar-refractivity contribution in [3.63, 3.8) is 0 Å². The Bertz CT molecular complexity index is 411. The normalized spacial score (nSPS) is 18.2. The lowest BCUT2D eigenvalue weighted by atomic mass is 9.83. The van der Waals surface area contributed by atoms with Gasteiger partial charge in [0, 0.05) is 28.9 Å². The van der Waals surface area contributed by atoms with Gasteiger partial charge in [-0.1, -0.05) is 41.9 Å². The van der Waals surface area contributed by atoms with Crippen LogP contribution in [0.1, 0.15) is 30.9 Å². The number of rotatable bonds is 3. The minimum atomic E-state index is -0.169. The predicted molar refractivity (Wildman–Crippen MR) is 74.5 cm³/mol. The fourth-order valence-electron chi connectivity index (χ4n) is 2.27. The number of hydrogen-bond donors (Lipinski definition) is 1.